The van der Waals surface area contributed by atoms with E-state index in [1.54, 1.807) is 21.3 Å². The molecule has 150 valence electrons. The van der Waals surface area contributed by atoms with Crippen LogP contribution in [0.1, 0.15) is 17.2 Å². The first-order chi connectivity index (χ1) is 14.1. The van der Waals surface area contributed by atoms with Crippen molar-refractivity contribution in [3.63, 3.8) is 0 Å². The number of rotatable bonds is 4. The Labute approximate surface area is 166 Å². The lowest BCUT2D eigenvalue weighted by atomic mass is 9.93. The normalized spacial score (nSPS) is 18.6. The number of methoxy groups -OCH3 is 3. The van der Waals surface area contributed by atoms with Crippen molar-refractivity contribution in [1.82, 2.24) is 4.90 Å². The molecule has 29 heavy (non-hydrogen) atoms. The Balaban J connectivity index is 1.73. The van der Waals surface area contributed by atoms with Crippen LogP contribution in [0.2, 0.25) is 0 Å². The highest BCUT2D eigenvalue weighted by Gasteiger charge is 2.42. The maximum Gasteiger partial charge on any atom is 0.416 e. The summed E-state index contributed by atoms with van der Waals surface area (Å²) < 4.78 is 32.7. The Morgan fingerprint density at radius 2 is 1.66 bits per heavy atom. The van der Waals surface area contributed by atoms with Gasteiger partial charge in [-0.1, -0.05) is 0 Å². The van der Waals surface area contributed by atoms with Gasteiger partial charge in [-0.05, 0) is 23.8 Å². The van der Waals surface area contributed by atoms with Gasteiger partial charge in [0.15, 0.2) is 35.4 Å². The molecule has 9 heteroatoms. The number of carbonyl (C=O) groups excluding carboxylic acids is 1. The molecule has 2 aromatic rings. The minimum Gasteiger partial charge on any atom is -0.493 e. The molecule has 5 rings (SSSR count). The average molecular weight is 398 g/mol. The molecule has 2 aromatic carbocycles. The van der Waals surface area contributed by atoms with E-state index in [1.165, 1.54) is 4.90 Å². The van der Waals surface area contributed by atoms with E-state index in [0.29, 0.717) is 40.3 Å². The minimum absolute atomic E-state index is 0.105. The topological polar surface area (TPSA) is 88.1 Å². The fraction of sp³-hybridized carbons (Fsp3) is 0.300. The van der Waals surface area contributed by atoms with Crippen molar-refractivity contribution in [1.29, 1.82) is 0 Å². The monoisotopic (exact) mass is 398 g/mol. The van der Waals surface area contributed by atoms with E-state index in [-0.39, 0.29) is 13.4 Å². The molecule has 1 atom stereocenters. The molecule has 3 aliphatic heterocycles. The molecule has 1 fully saturated rings. The van der Waals surface area contributed by atoms with E-state index in [2.05, 4.69) is 4.99 Å². The van der Waals surface area contributed by atoms with Gasteiger partial charge in [0.1, 0.15) is 0 Å². The van der Waals surface area contributed by atoms with Crippen molar-refractivity contribution in [2.75, 3.05) is 34.7 Å². The number of aliphatic imine (C=N–C) groups is 1. The summed E-state index contributed by atoms with van der Waals surface area (Å²) in [5.41, 5.74) is 2.23. The van der Waals surface area contributed by atoms with Crippen molar-refractivity contribution < 1.29 is 33.2 Å². The first-order valence-corrected chi connectivity index (χ1v) is 8.91. The number of ether oxygens (including phenoxy) is 6. The molecule has 1 amide bonds. The molecule has 3 aliphatic rings. The number of benzene rings is 2. The summed E-state index contributed by atoms with van der Waals surface area (Å²) in [7, 11) is 4.63. The Morgan fingerprint density at radius 1 is 0.966 bits per heavy atom. The van der Waals surface area contributed by atoms with Crippen LogP contribution in [0.4, 0.5) is 10.5 Å². The molecule has 0 bridgehead atoms. The summed E-state index contributed by atoms with van der Waals surface area (Å²) in [4.78, 5) is 18.7. The van der Waals surface area contributed by atoms with Gasteiger partial charge in [0.25, 0.3) is 0 Å². The quantitative estimate of drug-likeness (QED) is 0.782. The Kier molecular flexibility index (Phi) is 3.90. The lowest BCUT2D eigenvalue weighted by Gasteiger charge is -2.32. The molecule has 1 unspecified atom stereocenters. The lowest BCUT2D eigenvalue weighted by Crippen LogP contribution is -2.36. The van der Waals surface area contributed by atoms with Gasteiger partial charge in [-0.15, -0.1) is 0 Å². The van der Waals surface area contributed by atoms with Gasteiger partial charge >= 0.3 is 6.09 Å². The zero-order valence-electron chi connectivity index (χ0n) is 16.1. The van der Waals surface area contributed by atoms with E-state index in [9.17, 15) is 4.79 Å². The second-order valence-electron chi connectivity index (χ2n) is 6.58. The number of amides is 1. The third-order valence-corrected chi connectivity index (χ3v) is 5.13. The number of fused-ring (bicyclic) bond motifs is 3. The summed E-state index contributed by atoms with van der Waals surface area (Å²) in [5, 5.41) is 0. The van der Waals surface area contributed by atoms with Crippen LogP contribution in [0.3, 0.4) is 0 Å². The van der Waals surface area contributed by atoms with Crippen LogP contribution in [0.25, 0.3) is 0 Å². The maximum absolute atomic E-state index is 12.5. The van der Waals surface area contributed by atoms with Gasteiger partial charge < -0.3 is 28.4 Å². The summed E-state index contributed by atoms with van der Waals surface area (Å²) in [5.74, 6) is 3.20. The molecule has 1 saturated heterocycles. The second-order valence-corrected chi connectivity index (χ2v) is 6.58. The zero-order valence-corrected chi connectivity index (χ0v) is 16.1. The standard InChI is InChI=1S/C20H18N2O7/c1-24-15-4-10(5-16(25-2)19(15)26-3)18-11-6-13-14(29-9-28-13)7-12(11)21-17-8-27-20(23)22(17)18/h4-7,18H,8-9H2,1-3H3. The molecule has 0 N–H and O–H groups in total. The first-order valence-electron chi connectivity index (χ1n) is 8.91. The Hall–Kier alpha value is -3.62. The number of amidine groups is 1. The van der Waals surface area contributed by atoms with Crippen LogP contribution in [-0.4, -0.2) is 51.6 Å². The highest BCUT2D eigenvalue weighted by molar-refractivity contribution is 6.04. The zero-order chi connectivity index (χ0) is 20.1. The molecular weight excluding hydrogens is 380 g/mol. The van der Waals surface area contributed by atoms with E-state index >= 15 is 0 Å². The summed E-state index contributed by atoms with van der Waals surface area (Å²) in [6.07, 6.45) is -0.467. The van der Waals surface area contributed by atoms with Crippen LogP contribution in [0, 0.1) is 0 Å². The number of hydrogen-bond donors (Lipinski definition) is 0. The van der Waals surface area contributed by atoms with E-state index in [1.807, 2.05) is 24.3 Å². The van der Waals surface area contributed by atoms with Gasteiger partial charge in [0, 0.05) is 11.6 Å². The van der Waals surface area contributed by atoms with Gasteiger partial charge in [0.2, 0.25) is 12.5 Å². The molecule has 0 radical (unpaired) electrons. The molecule has 3 heterocycles. The second kappa shape index (κ2) is 6.47. The molecule has 9 nitrogen and oxygen atoms in total. The van der Waals surface area contributed by atoms with Crippen molar-refractivity contribution >= 4 is 17.6 Å². The fourth-order valence-electron chi connectivity index (χ4n) is 3.84. The van der Waals surface area contributed by atoms with Crippen LogP contribution in [0.15, 0.2) is 29.3 Å². The molecule has 0 spiro atoms. The predicted molar refractivity (Wildman–Crippen MR) is 101 cm³/mol. The van der Waals surface area contributed by atoms with Crippen LogP contribution >= 0.6 is 0 Å². The SMILES string of the molecule is COc1cc(C2c3cc4c(cc3N=C3COC(=O)N32)OCO4)cc(OC)c1OC. The van der Waals surface area contributed by atoms with Gasteiger partial charge in [-0.2, -0.15) is 0 Å². The highest BCUT2D eigenvalue weighted by atomic mass is 16.7. The van der Waals surface area contributed by atoms with Crippen molar-refractivity contribution in [2.24, 2.45) is 4.99 Å². The number of hydrogen-bond acceptors (Lipinski definition) is 8. The first kappa shape index (κ1) is 17.5. The van der Waals surface area contributed by atoms with Crippen LogP contribution < -0.4 is 23.7 Å². The predicted octanol–water partition coefficient (Wildman–Crippen LogP) is 3.03. The van der Waals surface area contributed by atoms with Gasteiger partial charge in [-0.3, -0.25) is 4.90 Å². The van der Waals surface area contributed by atoms with Crippen molar-refractivity contribution in [2.45, 2.75) is 6.04 Å². The van der Waals surface area contributed by atoms with Crippen molar-refractivity contribution in [3.05, 3.63) is 35.4 Å². The summed E-state index contributed by atoms with van der Waals surface area (Å²) in [6.45, 7) is 0.253. The van der Waals surface area contributed by atoms with E-state index in [0.717, 1.165) is 11.1 Å². The molecule has 0 saturated carbocycles. The van der Waals surface area contributed by atoms with Crippen molar-refractivity contribution in [3.8, 4) is 28.7 Å². The smallest absolute Gasteiger partial charge is 0.416 e. The number of nitrogens with zero attached hydrogens (tertiary/aromatic N) is 2. The lowest BCUT2D eigenvalue weighted by molar-refractivity contribution is 0.153. The average Bonchev–Trinajstić information content (AvgIpc) is 3.35. The third kappa shape index (κ3) is 2.54. The van der Waals surface area contributed by atoms with Crippen LogP contribution in [0.5, 0.6) is 28.7 Å². The van der Waals surface area contributed by atoms with E-state index < -0.39 is 12.1 Å². The van der Waals surface area contributed by atoms with E-state index in [4.69, 9.17) is 28.4 Å². The number of carbonyl (C=O) groups is 1. The molecular formula is C20H18N2O7. The summed E-state index contributed by atoms with van der Waals surface area (Å²) in [6, 6.07) is 6.78. The molecule has 0 aliphatic carbocycles. The highest BCUT2D eigenvalue weighted by Crippen LogP contribution is 2.49. The number of cyclic esters (lactones) is 1. The largest absolute Gasteiger partial charge is 0.493 e. The maximum atomic E-state index is 12.5. The van der Waals surface area contributed by atoms with Gasteiger partial charge in [-0.25, -0.2) is 9.79 Å². The minimum atomic E-state index is -0.504. The Bertz CT molecular complexity index is 1020. The van der Waals surface area contributed by atoms with Crippen LogP contribution in [-0.2, 0) is 4.74 Å². The van der Waals surface area contributed by atoms with Gasteiger partial charge in [0.05, 0.1) is 33.1 Å². The molecule has 0 aromatic heterocycles. The fourth-order valence-corrected chi connectivity index (χ4v) is 3.84. The third-order valence-electron chi connectivity index (χ3n) is 5.13. The summed E-state index contributed by atoms with van der Waals surface area (Å²) >= 11 is 0. The Morgan fingerprint density at radius 3 is 2.31 bits per heavy atom.